The van der Waals surface area contributed by atoms with Gasteiger partial charge in [0.15, 0.2) is 0 Å². The third-order valence-corrected chi connectivity index (χ3v) is 7.15. The standard InChI is InChI=1S/C24H20N4O2S2/c29-21(28-19-9-5-4-8-17(19)22(30)27-16-10-11-16)13-31-23-18-12-20(15-6-2-1-3-7-15)32-24(18)26-14-25-23/h1-9,12,14,16H,10-11,13H2,(H,27,30)(H,28,29). The molecule has 2 amide bonds. The van der Waals surface area contributed by atoms with Crippen LogP contribution in [0.3, 0.4) is 0 Å². The second-order valence-corrected chi connectivity index (χ2v) is 9.50. The monoisotopic (exact) mass is 460 g/mol. The number of aromatic nitrogens is 2. The summed E-state index contributed by atoms with van der Waals surface area (Å²) in [5.41, 5.74) is 2.13. The van der Waals surface area contributed by atoms with Crippen LogP contribution < -0.4 is 10.6 Å². The Kier molecular flexibility index (Phi) is 5.87. The Morgan fingerprint density at radius 2 is 1.81 bits per heavy atom. The molecule has 4 aromatic rings. The first-order valence-electron chi connectivity index (χ1n) is 10.3. The molecular weight excluding hydrogens is 440 g/mol. The number of nitrogens with one attached hydrogen (secondary N) is 2. The average molecular weight is 461 g/mol. The molecule has 2 aromatic heterocycles. The third kappa shape index (κ3) is 4.66. The third-order valence-electron chi connectivity index (χ3n) is 5.05. The molecule has 1 saturated carbocycles. The van der Waals surface area contributed by atoms with E-state index in [2.05, 4.69) is 38.8 Å². The minimum atomic E-state index is -0.188. The molecule has 2 N–H and O–H groups in total. The maximum atomic E-state index is 12.7. The Labute approximate surface area is 193 Å². The zero-order valence-corrected chi connectivity index (χ0v) is 18.7. The summed E-state index contributed by atoms with van der Waals surface area (Å²) >= 11 is 2.97. The highest BCUT2D eigenvalue weighted by molar-refractivity contribution is 8.00. The van der Waals surface area contributed by atoms with Crippen molar-refractivity contribution in [3.8, 4) is 10.4 Å². The van der Waals surface area contributed by atoms with Crippen LogP contribution >= 0.6 is 23.1 Å². The molecule has 0 atom stereocenters. The summed E-state index contributed by atoms with van der Waals surface area (Å²) in [5, 5.41) is 7.55. The number of thioether (sulfide) groups is 1. The fourth-order valence-corrected chi connectivity index (χ4v) is 5.14. The van der Waals surface area contributed by atoms with Crippen LogP contribution in [0.2, 0.25) is 0 Å². The minimum Gasteiger partial charge on any atom is -0.349 e. The molecule has 1 fully saturated rings. The summed E-state index contributed by atoms with van der Waals surface area (Å²) in [4.78, 5) is 35.9. The molecule has 0 aliphatic heterocycles. The Bertz CT molecular complexity index is 1290. The minimum absolute atomic E-state index is 0.153. The number of carbonyl (C=O) groups excluding carboxylic acids is 2. The van der Waals surface area contributed by atoms with Crippen molar-refractivity contribution in [1.29, 1.82) is 0 Å². The summed E-state index contributed by atoms with van der Waals surface area (Å²) in [6.07, 6.45) is 3.56. The van der Waals surface area contributed by atoms with Crippen molar-refractivity contribution in [3.63, 3.8) is 0 Å². The number of para-hydroxylation sites is 1. The van der Waals surface area contributed by atoms with Gasteiger partial charge in [0.25, 0.3) is 5.91 Å². The molecule has 0 radical (unpaired) electrons. The predicted molar refractivity (Wildman–Crippen MR) is 129 cm³/mol. The van der Waals surface area contributed by atoms with Crippen LogP contribution in [0.5, 0.6) is 0 Å². The zero-order chi connectivity index (χ0) is 21.9. The maximum Gasteiger partial charge on any atom is 0.253 e. The number of carbonyl (C=O) groups is 2. The van der Waals surface area contributed by atoms with Crippen molar-refractivity contribution in [2.24, 2.45) is 0 Å². The fraction of sp³-hybridized carbons (Fsp3) is 0.167. The van der Waals surface area contributed by atoms with E-state index in [4.69, 9.17) is 0 Å². The van der Waals surface area contributed by atoms with Gasteiger partial charge in [0.05, 0.1) is 17.0 Å². The topological polar surface area (TPSA) is 84.0 Å². The van der Waals surface area contributed by atoms with Crippen LogP contribution in [0.15, 0.2) is 72.0 Å². The molecule has 2 aromatic carbocycles. The zero-order valence-electron chi connectivity index (χ0n) is 17.1. The van der Waals surface area contributed by atoms with Crippen molar-refractivity contribution < 1.29 is 9.59 Å². The van der Waals surface area contributed by atoms with E-state index >= 15 is 0 Å². The van der Waals surface area contributed by atoms with Gasteiger partial charge in [0, 0.05) is 16.3 Å². The Hall–Kier alpha value is -3.23. The molecule has 1 aliphatic carbocycles. The van der Waals surface area contributed by atoms with E-state index in [0.29, 0.717) is 11.3 Å². The van der Waals surface area contributed by atoms with E-state index in [0.717, 1.165) is 38.5 Å². The number of anilines is 1. The number of rotatable bonds is 7. The van der Waals surface area contributed by atoms with Crippen LogP contribution in [-0.4, -0.2) is 33.6 Å². The van der Waals surface area contributed by atoms with Gasteiger partial charge in [-0.3, -0.25) is 9.59 Å². The predicted octanol–water partition coefficient (Wildman–Crippen LogP) is 4.98. The molecule has 32 heavy (non-hydrogen) atoms. The summed E-state index contributed by atoms with van der Waals surface area (Å²) in [7, 11) is 0. The first-order chi connectivity index (χ1) is 15.7. The number of fused-ring (bicyclic) bond motifs is 1. The van der Waals surface area contributed by atoms with Gasteiger partial charge in [-0.25, -0.2) is 9.97 Å². The average Bonchev–Trinajstić information content (AvgIpc) is 3.52. The van der Waals surface area contributed by atoms with Gasteiger partial charge in [-0.2, -0.15) is 0 Å². The highest BCUT2D eigenvalue weighted by Crippen LogP contribution is 2.36. The van der Waals surface area contributed by atoms with Gasteiger partial charge >= 0.3 is 0 Å². The van der Waals surface area contributed by atoms with Gasteiger partial charge in [0.2, 0.25) is 5.91 Å². The lowest BCUT2D eigenvalue weighted by Crippen LogP contribution is -2.27. The quantitative estimate of drug-likeness (QED) is 0.300. The lowest BCUT2D eigenvalue weighted by atomic mass is 10.1. The first-order valence-corrected chi connectivity index (χ1v) is 12.1. The van der Waals surface area contributed by atoms with Crippen molar-refractivity contribution >= 4 is 50.8 Å². The molecule has 2 heterocycles. The normalized spacial score (nSPS) is 13.1. The highest BCUT2D eigenvalue weighted by atomic mass is 32.2. The highest BCUT2D eigenvalue weighted by Gasteiger charge is 2.25. The molecular formula is C24H20N4O2S2. The molecule has 5 rings (SSSR count). The Morgan fingerprint density at radius 3 is 2.62 bits per heavy atom. The van der Waals surface area contributed by atoms with E-state index in [1.165, 1.54) is 18.1 Å². The summed E-state index contributed by atoms with van der Waals surface area (Å²) < 4.78 is 0. The molecule has 0 spiro atoms. The Morgan fingerprint density at radius 1 is 1.03 bits per heavy atom. The van der Waals surface area contributed by atoms with Crippen LogP contribution in [0.1, 0.15) is 23.2 Å². The summed E-state index contributed by atoms with van der Waals surface area (Å²) in [5.74, 6) is -0.159. The van der Waals surface area contributed by atoms with E-state index in [1.54, 1.807) is 35.6 Å². The molecule has 0 unspecified atom stereocenters. The smallest absolute Gasteiger partial charge is 0.253 e. The van der Waals surface area contributed by atoms with E-state index in [9.17, 15) is 9.59 Å². The first kappa shape index (κ1) is 20.7. The van der Waals surface area contributed by atoms with Crippen molar-refractivity contribution in [1.82, 2.24) is 15.3 Å². The van der Waals surface area contributed by atoms with E-state index in [-0.39, 0.29) is 23.6 Å². The fourth-order valence-electron chi connectivity index (χ4n) is 3.29. The van der Waals surface area contributed by atoms with Gasteiger partial charge < -0.3 is 10.6 Å². The molecule has 160 valence electrons. The van der Waals surface area contributed by atoms with E-state index < -0.39 is 0 Å². The maximum absolute atomic E-state index is 12.7. The van der Waals surface area contributed by atoms with Crippen molar-refractivity contribution in [2.75, 3.05) is 11.1 Å². The molecule has 0 saturated heterocycles. The number of nitrogens with zero attached hydrogens (tertiary/aromatic N) is 2. The lowest BCUT2D eigenvalue weighted by molar-refractivity contribution is -0.113. The lowest BCUT2D eigenvalue weighted by Gasteiger charge is -2.11. The van der Waals surface area contributed by atoms with Crippen LogP contribution in [0, 0.1) is 0 Å². The molecule has 0 bridgehead atoms. The summed E-state index contributed by atoms with van der Waals surface area (Å²) in [6, 6.07) is 19.5. The van der Waals surface area contributed by atoms with Gasteiger partial charge in [-0.15, -0.1) is 11.3 Å². The second kappa shape index (κ2) is 9.10. The van der Waals surface area contributed by atoms with Gasteiger partial charge in [-0.1, -0.05) is 54.2 Å². The number of amides is 2. The van der Waals surface area contributed by atoms with Crippen LogP contribution in [0.25, 0.3) is 20.7 Å². The SMILES string of the molecule is O=C(CSc1ncnc2sc(-c3ccccc3)cc12)Nc1ccccc1C(=O)NC1CC1. The van der Waals surface area contributed by atoms with Crippen molar-refractivity contribution in [2.45, 2.75) is 23.9 Å². The number of benzene rings is 2. The Balaban J connectivity index is 1.29. The largest absolute Gasteiger partial charge is 0.349 e. The molecule has 1 aliphatic rings. The number of thiophene rings is 1. The number of hydrogen-bond acceptors (Lipinski definition) is 6. The molecule has 6 nitrogen and oxygen atoms in total. The van der Waals surface area contributed by atoms with E-state index in [1.807, 2.05) is 18.2 Å². The number of hydrogen-bond donors (Lipinski definition) is 2. The molecule has 8 heteroatoms. The van der Waals surface area contributed by atoms with Gasteiger partial charge in [0.1, 0.15) is 16.2 Å². The van der Waals surface area contributed by atoms with Crippen LogP contribution in [0.4, 0.5) is 5.69 Å². The van der Waals surface area contributed by atoms with Crippen molar-refractivity contribution in [3.05, 3.63) is 72.6 Å². The summed E-state index contributed by atoms with van der Waals surface area (Å²) in [6.45, 7) is 0. The van der Waals surface area contributed by atoms with Crippen LogP contribution in [-0.2, 0) is 4.79 Å². The second-order valence-electron chi connectivity index (χ2n) is 7.50. The van der Waals surface area contributed by atoms with Gasteiger partial charge in [-0.05, 0) is 36.6 Å².